The van der Waals surface area contributed by atoms with Crippen LogP contribution in [0.1, 0.15) is 38.5 Å². The molecule has 0 fully saturated rings. The molecule has 4 rings (SSSR count). The van der Waals surface area contributed by atoms with Gasteiger partial charge in [-0.25, -0.2) is 0 Å². The predicted molar refractivity (Wildman–Crippen MR) is 110 cm³/mol. The summed E-state index contributed by atoms with van der Waals surface area (Å²) in [4.78, 5) is 4.48. The maximum absolute atomic E-state index is 6.28. The fraction of sp³-hybridized carbons (Fsp3) is 0.318. The van der Waals surface area contributed by atoms with Crippen molar-refractivity contribution in [3.63, 3.8) is 0 Å². The van der Waals surface area contributed by atoms with Gasteiger partial charge in [-0.05, 0) is 31.0 Å². The summed E-state index contributed by atoms with van der Waals surface area (Å²) in [6, 6.07) is 15.9. The van der Waals surface area contributed by atoms with Gasteiger partial charge in [0, 0.05) is 11.3 Å². The Morgan fingerprint density at radius 2 is 1.69 bits per heavy atom. The quantitative estimate of drug-likeness (QED) is 0.628. The number of nitrogens with zero attached hydrogens (tertiary/aromatic N) is 3. The Morgan fingerprint density at radius 3 is 2.55 bits per heavy atom. The molecule has 0 aliphatic carbocycles. The number of hydrogen-bond donors (Lipinski definition) is 1. The van der Waals surface area contributed by atoms with Gasteiger partial charge in [0.2, 0.25) is 12.1 Å². The van der Waals surface area contributed by atoms with Crippen LogP contribution in [0.3, 0.4) is 0 Å². The van der Waals surface area contributed by atoms with Crippen LogP contribution in [0.25, 0.3) is 11.3 Å². The summed E-state index contributed by atoms with van der Waals surface area (Å²) in [5, 5.41) is 11.9. The average molecular weight is 392 g/mol. The highest BCUT2D eigenvalue weighted by atomic mass is 16.5. The second-order valence-electron chi connectivity index (χ2n) is 6.67. The van der Waals surface area contributed by atoms with E-state index in [-0.39, 0.29) is 6.01 Å². The fourth-order valence-electron chi connectivity index (χ4n) is 3.08. The zero-order chi connectivity index (χ0) is 20.1. The Balaban J connectivity index is 1.76. The van der Waals surface area contributed by atoms with Crippen molar-refractivity contribution in [3.05, 3.63) is 54.1 Å². The molecule has 7 nitrogen and oxygen atoms in total. The normalized spacial score (nSPS) is 14.6. The number of aromatic nitrogens is 3. The van der Waals surface area contributed by atoms with Crippen LogP contribution in [-0.4, -0.2) is 28.4 Å². The number of fused-ring (bicyclic) bond motifs is 3. The van der Waals surface area contributed by atoms with E-state index in [9.17, 15) is 0 Å². The van der Waals surface area contributed by atoms with Crippen molar-refractivity contribution in [2.75, 3.05) is 18.5 Å². The van der Waals surface area contributed by atoms with Crippen molar-refractivity contribution in [2.45, 2.75) is 32.9 Å². The molecular formula is C22H24N4O3. The fourth-order valence-corrected chi connectivity index (χ4v) is 3.08. The zero-order valence-corrected chi connectivity index (χ0v) is 16.6. The van der Waals surface area contributed by atoms with E-state index in [2.05, 4.69) is 27.4 Å². The van der Waals surface area contributed by atoms with Gasteiger partial charge in [-0.1, -0.05) is 49.3 Å². The van der Waals surface area contributed by atoms with Gasteiger partial charge in [-0.2, -0.15) is 4.98 Å². The van der Waals surface area contributed by atoms with Crippen LogP contribution in [0.5, 0.6) is 17.6 Å². The molecule has 3 aromatic rings. The molecule has 1 aromatic heterocycles. The van der Waals surface area contributed by atoms with Crippen LogP contribution >= 0.6 is 0 Å². The summed E-state index contributed by atoms with van der Waals surface area (Å²) < 4.78 is 17.8. The first-order chi connectivity index (χ1) is 14.3. The first-order valence-corrected chi connectivity index (χ1v) is 9.92. The van der Waals surface area contributed by atoms with E-state index in [1.165, 1.54) is 0 Å². The van der Waals surface area contributed by atoms with Gasteiger partial charge >= 0.3 is 6.01 Å². The van der Waals surface area contributed by atoms with Gasteiger partial charge in [0.25, 0.3) is 0 Å². The van der Waals surface area contributed by atoms with E-state index < -0.39 is 6.23 Å². The zero-order valence-electron chi connectivity index (χ0n) is 16.6. The lowest BCUT2D eigenvalue weighted by Crippen LogP contribution is -2.18. The van der Waals surface area contributed by atoms with Crippen molar-refractivity contribution in [2.24, 2.45) is 0 Å². The summed E-state index contributed by atoms with van der Waals surface area (Å²) in [6.07, 6.45) is 1.28. The molecule has 1 unspecified atom stereocenters. The standard InChI is InChI=1S/C22H24N4O3/c1-3-13-27-18-12-8-6-10-16(18)20-23-17-11-7-5-9-15(17)19-21(29-20)24-22(26-25-19)28-14-4-2/h5-12,20,23H,3-4,13-14H2,1-2H3. The highest BCUT2D eigenvalue weighted by Gasteiger charge is 2.27. The molecule has 1 aliphatic rings. The molecule has 0 radical (unpaired) electrons. The number of nitrogens with one attached hydrogen (secondary N) is 1. The minimum Gasteiger partial charge on any atom is -0.493 e. The third kappa shape index (κ3) is 4.08. The largest absolute Gasteiger partial charge is 0.493 e. The monoisotopic (exact) mass is 392 g/mol. The lowest BCUT2D eigenvalue weighted by Gasteiger charge is -2.21. The van der Waals surface area contributed by atoms with Crippen molar-refractivity contribution >= 4 is 5.69 Å². The number of benzene rings is 2. The van der Waals surface area contributed by atoms with Crippen LogP contribution in [0, 0.1) is 0 Å². The number of para-hydroxylation sites is 2. The van der Waals surface area contributed by atoms with E-state index in [0.29, 0.717) is 24.8 Å². The molecule has 29 heavy (non-hydrogen) atoms. The summed E-state index contributed by atoms with van der Waals surface area (Å²) in [5.74, 6) is 1.15. The first kappa shape index (κ1) is 19.0. The lowest BCUT2D eigenvalue weighted by molar-refractivity contribution is 0.210. The second-order valence-corrected chi connectivity index (χ2v) is 6.67. The SMILES string of the molecule is CCCOc1nnc2c(n1)OC(c1ccccc1OCCC)Nc1ccccc1-2. The molecule has 0 bridgehead atoms. The molecule has 0 saturated carbocycles. The van der Waals surface area contributed by atoms with Crippen LogP contribution in [0.4, 0.5) is 5.69 Å². The van der Waals surface area contributed by atoms with E-state index in [4.69, 9.17) is 14.2 Å². The number of anilines is 1. The van der Waals surface area contributed by atoms with Crippen molar-refractivity contribution in [1.82, 2.24) is 15.2 Å². The highest BCUT2D eigenvalue weighted by Crippen LogP contribution is 2.40. The highest BCUT2D eigenvalue weighted by molar-refractivity contribution is 5.79. The minimum atomic E-state index is -0.499. The summed E-state index contributed by atoms with van der Waals surface area (Å²) in [5.41, 5.74) is 3.23. The maximum atomic E-state index is 6.28. The van der Waals surface area contributed by atoms with Crippen LogP contribution < -0.4 is 19.5 Å². The number of rotatable bonds is 7. The summed E-state index contributed by atoms with van der Waals surface area (Å²) in [7, 11) is 0. The molecule has 2 heterocycles. The van der Waals surface area contributed by atoms with Gasteiger partial charge in [-0.3, -0.25) is 0 Å². The Morgan fingerprint density at radius 1 is 0.931 bits per heavy atom. The van der Waals surface area contributed by atoms with Crippen molar-refractivity contribution in [3.8, 4) is 28.9 Å². The average Bonchev–Trinajstić information content (AvgIpc) is 2.92. The first-order valence-electron chi connectivity index (χ1n) is 9.92. The van der Waals surface area contributed by atoms with Gasteiger partial charge in [0.15, 0.2) is 5.69 Å². The lowest BCUT2D eigenvalue weighted by atomic mass is 10.1. The Bertz CT molecular complexity index is 980. The molecule has 1 N–H and O–H groups in total. The third-order valence-electron chi connectivity index (χ3n) is 4.43. The second kappa shape index (κ2) is 8.77. The van der Waals surface area contributed by atoms with E-state index in [0.717, 1.165) is 35.4 Å². The van der Waals surface area contributed by atoms with Crippen LogP contribution in [0.2, 0.25) is 0 Å². The smallest absolute Gasteiger partial charge is 0.339 e. The van der Waals surface area contributed by atoms with Crippen LogP contribution in [-0.2, 0) is 0 Å². The molecule has 7 heteroatoms. The van der Waals surface area contributed by atoms with Crippen molar-refractivity contribution in [1.29, 1.82) is 0 Å². The van der Waals surface area contributed by atoms with E-state index in [1.54, 1.807) is 0 Å². The van der Waals surface area contributed by atoms with Gasteiger partial charge in [-0.15, -0.1) is 5.10 Å². The molecule has 0 amide bonds. The van der Waals surface area contributed by atoms with Gasteiger partial charge < -0.3 is 19.5 Å². The van der Waals surface area contributed by atoms with E-state index >= 15 is 0 Å². The van der Waals surface area contributed by atoms with Crippen LogP contribution in [0.15, 0.2) is 48.5 Å². The molecule has 150 valence electrons. The molecule has 1 aliphatic heterocycles. The van der Waals surface area contributed by atoms with Crippen molar-refractivity contribution < 1.29 is 14.2 Å². The molecule has 0 saturated heterocycles. The Kier molecular flexibility index (Phi) is 5.74. The Labute approximate surface area is 170 Å². The van der Waals surface area contributed by atoms with E-state index in [1.807, 2.05) is 55.5 Å². The molecule has 0 spiro atoms. The number of hydrogen-bond acceptors (Lipinski definition) is 7. The maximum Gasteiger partial charge on any atom is 0.339 e. The molecular weight excluding hydrogens is 368 g/mol. The summed E-state index contributed by atoms with van der Waals surface area (Å²) >= 11 is 0. The van der Waals surface area contributed by atoms with Gasteiger partial charge in [0.1, 0.15) is 5.75 Å². The molecule has 1 atom stereocenters. The third-order valence-corrected chi connectivity index (χ3v) is 4.43. The predicted octanol–water partition coefficient (Wildman–Crippen LogP) is 4.62. The minimum absolute atomic E-state index is 0.208. The topological polar surface area (TPSA) is 78.4 Å². The summed E-state index contributed by atoms with van der Waals surface area (Å²) in [6.45, 7) is 5.26. The Hall–Kier alpha value is -3.35. The number of ether oxygens (including phenoxy) is 3. The van der Waals surface area contributed by atoms with Gasteiger partial charge in [0.05, 0.1) is 18.8 Å². The molecule has 2 aromatic carbocycles.